The fourth-order valence-electron chi connectivity index (χ4n) is 3.83. The minimum atomic E-state index is 0.114. The topological polar surface area (TPSA) is 103 Å². The van der Waals surface area contributed by atoms with Crippen LogP contribution < -0.4 is 20.5 Å². The summed E-state index contributed by atoms with van der Waals surface area (Å²) in [5, 5.41) is 12.9. The number of aryl methyl sites for hydroxylation is 1. The first-order valence-electron chi connectivity index (χ1n) is 11.4. The minimum Gasteiger partial charge on any atom is -0.496 e. The SMILES string of the molecule is CCCC(CCO)Nc1nc(N)nc(C)c1Cc1ccc(OCc2ccccc2)cc1OC. The van der Waals surface area contributed by atoms with Crippen LogP contribution in [0.2, 0.25) is 0 Å². The highest BCUT2D eigenvalue weighted by molar-refractivity contribution is 5.54. The van der Waals surface area contributed by atoms with Gasteiger partial charge in [-0.15, -0.1) is 0 Å². The van der Waals surface area contributed by atoms with E-state index in [1.54, 1.807) is 7.11 Å². The number of nitrogens with zero attached hydrogens (tertiary/aromatic N) is 2. The Morgan fingerprint density at radius 2 is 1.88 bits per heavy atom. The molecule has 3 aromatic rings. The van der Waals surface area contributed by atoms with Crippen LogP contribution in [0.3, 0.4) is 0 Å². The van der Waals surface area contributed by atoms with Crippen LogP contribution in [0, 0.1) is 6.92 Å². The van der Waals surface area contributed by atoms with Gasteiger partial charge in [0, 0.05) is 36.4 Å². The van der Waals surface area contributed by atoms with Crippen molar-refractivity contribution in [2.45, 2.75) is 52.2 Å². The highest BCUT2D eigenvalue weighted by atomic mass is 16.5. The normalized spacial score (nSPS) is 11.8. The second kappa shape index (κ2) is 12.1. The van der Waals surface area contributed by atoms with Crippen LogP contribution in [0.1, 0.15) is 48.6 Å². The van der Waals surface area contributed by atoms with Crippen LogP contribution in [0.25, 0.3) is 0 Å². The fourth-order valence-corrected chi connectivity index (χ4v) is 3.83. The van der Waals surface area contributed by atoms with Gasteiger partial charge in [-0.3, -0.25) is 0 Å². The Bertz CT molecular complexity index is 1020. The van der Waals surface area contributed by atoms with Gasteiger partial charge >= 0.3 is 0 Å². The molecule has 2 aromatic carbocycles. The second-order valence-electron chi connectivity index (χ2n) is 8.06. The van der Waals surface area contributed by atoms with Crippen molar-refractivity contribution >= 4 is 11.8 Å². The second-order valence-corrected chi connectivity index (χ2v) is 8.06. The average molecular weight is 451 g/mol. The van der Waals surface area contributed by atoms with Crippen LogP contribution in [-0.4, -0.2) is 34.8 Å². The molecular weight excluding hydrogens is 416 g/mol. The number of hydrogen-bond donors (Lipinski definition) is 3. The van der Waals surface area contributed by atoms with Crippen LogP contribution in [0.15, 0.2) is 48.5 Å². The lowest BCUT2D eigenvalue weighted by atomic mass is 10.0. The molecule has 0 radical (unpaired) electrons. The maximum absolute atomic E-state index is 9.44. The lowest BCUT2D eigenvalue weighted by molar-refractivity contribution is 0.276. The summed E-state index contributed by atoms with van der Waals surface area (Å²) < 4.78 is 11.6. The number of nitrogens with two attached hydrogens (primary N) is 1. The summed E-state index contributed by atoms with van der Waals surface area (Å²) in [6, 6.07) is 16.0. The molecular formula is C26H34N4O3. The van der Waals surface area contributed by atoms with Gasteiger partial charge in [-0.1, -0.05) is 49.7 Å². The average Bonchev–Trinajstić information content (AvgIpc) is 2.81. The number of rotatable bonds is 12. The van der Waals surface area contributed by atoms with Gasteiger partial charge in [0.1, 0.15) is 23.9 Å². The van der Waals surface area contributed by atoms with E-state index in [0.717, 1.165) is 46.7 Å². The summed E-state index contributed by atoms with van der Waals surface area (Å²) in [7, 11) is 1.66. The van der Waals surface area contributed by atoms with Crippen molar-refractivity contribution in [3.8, 4) is 11.5 Å². The van der Waals surface area contributed by atoms with E-state index in [-0.39, 0.29) is 18.6 Å². The Morgan fingerprint density at radius 1 is 1.09 bits per heavy atom. The summed E-state index contributed by atoms with van der Waals surface area (Å²) in [5.41, 5.74) is 9.83. The third kappa shape index (κ3) is 6.83. The summed E-state index contributed by atoms with van der Waals surface area (Å²) in [6.07, 6.45) is 3.16. The lowest BCUT2D eigenvalue weighted by Gasteiger charge is -2.21. The standard InChI is InChI=1S/C26H34N4O3/c1-4-8-21(13-14-31)29-25-23(18(2)28-26(27)30-25)15-20-11-12-22(16-24(20)32-3)33-17-19-9-6-5-7-10-19/h5-7,9-12,16,21,31H,4,8,13-15,17H2,1-3H3,(H3,27,28,29,30). The molecule has 0 fully saturated rings. The summed E-state index contributed by atoms with van der Waals surface area (Å²) >= 11 is 0. The molecule has 0 aliphatic carbocycles. The predicted octanol–water partition coefficient (Wildman–Crippen LogP) is 4.51. The number of nitrogens with one attached hydrogen (secondary N) is 1. The number of anilines is 2. The molecule has 4 N–H and O–H groups in total. The number of aliphatic hydroxyl groups excluding tert-OH is 1. The largest absolute Gasteiger partial charge is 0.496 e. The minimum absolute atomic E-state index is 0.114. The number of ether oxygens (including phenoxy) is 2. The van der Waals surface area contributed by atoms with Crippen molar-refractivity contribution in [2.75, 3.05) is 24.8 Å². The van der Waals surface area contributed by atoms with E-state index < -0.39 is 0 Å². The van der Waals surface area contributed by atoms with Crippen LogP contribution in [-0.2, 0) is 13.0 Å². The molecule has 1 heterocycles. The predicted molar refractivity (Wildman–Crippen MR) is 132 cm³/mol. The Balaban J connectivity index is 1.82. The monoisotopic (exact) mass is 450 g/mol. The molecule has 33 heavy (non-hydrogen) atoms. The van der Waals surface area contributed by atoms with Gasteiger partial charge in [-0.2, -0.15) is 4.98 Å². The number of benzene rings is 2. The number of aliphatic hydroxyl groups is 1. The number of aromatic nitrogens is 2. The molecule has 0 saturated heterocycles. The molecule has 0 amide bonds. The smallest absolute Gasteiger partial charge is 0.222 e. The number of methoxy groups -OCH3 is 1. The molecule has 0 saturated carbocycles. The Morgan fingerprint density at radius 3 is 2.58 bits per heavy atom. The third-order valence-electron chi connectivity index (χ3n) is 5.56. The molecule has 7 nitrogen and oxygen atoms in total. The number of hydrogen-bond acceptors (Lipinski definition) is 7. The molecule has 3 rings (SSSR count). The van der Waals surface area contributed by atoms with Crippen molar-refractivity contribution in [1.82, 2.24) is 9.97 Å². The molecule has 0 aliphatic heterocycles. The van der Waals surface area contributed by atoms with Gasteiger partial charge in [-0.25, -0.2) is 4.98 Å². The first kappa shape index (κ1) is 24.3. The van der Waals surface area contributed by atoms with E-state index in [1.807, 2.05) is 55.5 Å². The molecule has 7 heteroatoms. The maximum Gasteiger partial charge on any atom is 0.222 e. The maximum atomic E-state index is 9.44. The summed E-state index contributed by atoms with van der Waals surface area (Å²) in [4.78, 5) is 8.86. The zero-order valence-corrected chi connectivity index (χ0v) is 19.7. The van der Waals surface area contributed by atoms with Gasteiger partial charge in [-0.05, 0) is 37.0 Å². The Kier molecular flexibility index (Phi) is 8.89. The van der Waals surface area contributed by atoms with Gasteiger partial charge in [0.25, 0.3) is 0 Å². The van der Waals surface area contributed by atoms with Crippen molar-refractivity contribution in [1.29, 1.82) is 0 Å². The highest BCUT2D eigenvalue weighted by Gasteiger charge is 2.17. The van der Waals surface area contributed by atoms with E-state index in [1.165, 1.54) is 0 Å². The molecule has 0 aliphatic rings. The quantitative estimate of drug-likeness (QED) is 0.373. The molecule has 0 bridgehead atoms. The summed E-state index contributed by atoms with van der Waals surface area (Å²) in [5.74, 6) is 2.42. The molecule has 1 atom stereocenters. The van der Waals surface area contributed by atoms with Gasteiger partial charge < -0.3 is 25.6 Å². The highest BCUT2D eigenvalue weighted by Crippen LogP contribution is 2.30. The Hall–Kier alpha value is -3.32. The van der Waals surface area contributed by atoms with Gasteiger partial charge in [0.05, 0.1) is 7.11 Å². The van der Waals surface area contributed by atoms with E-state index in [0.29, 0.717) is 25.3 Å². The first-order valence-corrected chi connectivity index (χ1v) is 11.4. The van der Waals surface area contributed by atoms with E-state index in [2.05, 4.69) is 22.2 Å². The lowest BCUT2D eigenvalue weighted by Crippen LogP contribution is -2.23. The zero-order valence-electron chi connectivity index (χ0n) is 19.7. The fraction of sp³-hybridized carbons (Fsp3) is 0.385. The molecule has 1 unspecified atom stereocenters. The van der Waals surface area contributed by atoms with Gasteiger partial charge in [0.15, 0.2) is 0 Å². The van der Waals surface area contributed by atoms with E-state index in [9.17, 15) is 5.11 Å². The van der Waals surface area contributed by atoms with E-state index in [4.69, 9.17) is 15.2 Å². The zero-order chi connectivity index (χ0) is 23.6. The Labute approximate surface area is 196 Å². The third-order valence-corrected chi connectivity index (χ3v) is 5.56. The number of nitrogen functional groups attached to an aromatic ring is 1. The summed E-state index contributed by atoms with van der Waals surface area (Å²) in [6.45, 7) is 4.67. The van der Waals surface area contributed by atoms with Crippen LogP contribution in [0.5, 0.6) is 11.5 Å². The molecule has 176 valence electrons. The molecule has 1 aromatic heterocycles. The van der Waals surface area contributed by atoms with E-state index >= 15 is 0 Å². The van der Waals surface area contributed by atoms with Crippen molar-refractivity contribution in [3.05, 3.63) is 70.9 Å². The first-order chi connectivity index (χ1) is 16.0. The van der Waals surface area contributed by atoms with Crippen LogP contribution in [0.4, 0.5) is 11.8 Å². The van der Waals surface area contributed by atoms with Crippen molar-refractivity contribution < 1.29 is 14.6 Å². The van der Waals surface area contributed by atoms with Gasteiger partial charge in [0.2, 0.25) is 5.95 Å². The van der Waals surface area contributed by atoms with Crippen molar-refractivity contribution in [2.24, 2.45) is 0 Å². The molecule has 0 spiro atoms. The van der Waals surface area contributed by atoms with Crippen LogP contribution >= 0.6 is 0 Å². The van der Waals surface area contributed by atoms with Crippen molar-refractivity contribution in [3.63, 3.8) is 0 Å².